The summed E-state index contributed by atoms with van der Waals surface area (Å²) >= 11 is 0. The van der Waals surface area contributed by atoms with Gasteiger partial charge in [-0.1, -0.05) is 31.2 Å². The number of anilines is 2. The number of carbonyl (C=O) groups is 1. The Morgan fingerprint density at radius 3 is 2.08 bits per heavy atom. The summed E-state index contributed by atoms with van der Waals surface area (Å²) < 4.78 is 0. The highest BCUT2D eigenvalue weighted by atomic mass is 16.1. The first-order chi connectivity index (χ1) is 12.0. The van der Waals surface area contributed by atoms with Crippen LogP contribution in [0.1, 0.15) is 30.1 Å². The lowest BCUT2D eigenvalue weighted by molar-refractivity contribution is 0.0881. The fourth-order valence-electron chi connectivity index (χ4n) is 3.24. The van der Waals surface area contributed by atoms with Crippen molar-refractivity contribution in [3.05, 3.63) is 72.8 Å². The number of benzene rings is 2. The van der Waals surface area contributed by atoms with Crippen molar-refractivity contribution >= 4 is 17.2 Å². The third-order valence-electron chi connectivity index (χ3n) is 4.92. The van der Waals surface area contributed by atoms with E-state index in [1.807, 2.05) is 86.7 Å². The maximum absolute atomic E-state index is 13.5. The van der Waals surface area contributed by atoms with Gasteiger partial charge < -0.3 is 9.80 Å². The van der Waals surface area contributed by atoms with Gasteiger partial charge in [0.2, 0.25) is 0 Å². The standard InChI is InChI=1S/C22H28N2O/c1-6-17-22(7-2,24(5)20-11-9-8-10-12-20)21(25)18-13-15-19(16-14-18)23(3)4/h6,8-16H,1,7,17H2,2-5H3. The molecular formula is C22H28N2O. The van der Waals surface area contributed by atoms with Gasteiger partial charge in [0, 0.05) is 38.1 Å². The van der Waals surface area contributed by atoms with Gasteiger partial charge >= 0.3 is 0 Å². The number of Topliss-reactive ketones (excluding diaryl/α,β-unsaturated/α-hetero) is 1. The first kappa shape index (κ1) is 18.8. The minimum absolute atomic E-state index is 0.131. The van der Waals surface area contributed by atoms with Crippen molar-refractivity contribution in [3.63, 3.8) is 0 Å². The summed E-state index contributed by atoms with van der Waals surface area (Å²) in [5.41, 5.74) is 2.21. The molecule has 0 aliphatic heterocycles. The maximum atomic E-state index is 13.5. The van der Waals surface area contributed by atoms with Crippen LogP contribution in [0.3, 0.4) is 0 Å². The molecule has 25 heavy (non-hydrogen) atoms. The van der Waals surface area contributed by atoms with E-state index in [1.165, 1.54) is 0 Å². The second kappa shape index (κ2) is 8.02. The molecule has 0 aliphatic carbocycles. The molecule has 0 fully saturated rings. The summed E-state index contributed by atoms with van der Waals surface area (Å²) in [6.45, 7) is 5.96. The number of para-hydroxylation sites is 1. The topological polar surface area (TPSA) is 23.6 Å². The molecule has 0 heterocycles. The van der Waals surface area contributed by atoms with Gasteiger partial charge in [0.1, 0.15) is 5.54 Å². The van der Waals surface area contributed by atoms with Gasteiger partial charge in [-0.05, 0) is 49.2 Å². The molecule has 3 nitrogen and oxygen atoms in total. The van der Waals surface area contributed by atoms with Crippen molar-refractivity contribution in [3.8, 4) is 0 Å². The molecule has 3 heteroatoms. The zero-order valence-electron chi connectivity index (χ0n) is 15.7. The van der Waals surface area contributed by atoms with E-state index in [4.69, 9.17) is 0 Å². The Kier molecular flexibility index (Phi) is 6.02. The van der Waals surface area contributed by atoms with E-state index in [0.29, 0.717) is 12.8 Å². The molecule has 2 rings (SSSR count). The lowest BCUT2D eigenvalue weighted by Crippen LogP contribution is -2.52. The Balaban J connectivity index is 2.44. The first-order valence-corrected chi connectivity index (χ1v) is 8.68. The minimum Gasteiger partial charge on any atom is -0.378 e. The molecule has 2 aromatic carbocycles. The normalized spacial score (nSPS) is 13.0. The highest BCUT2D eigenvalue weighted by Gasteiger charge is 2.40. The fraction of sp³-hybridized carbons (Fsp3) is 0.318. The fourth-order valence-corrected chi connectivity index (χ4v) is 3.24. The molecule has 0 bridgehead atoms. The SMILES string of the molecule is C=CCC(CC)(C(=O)c1ccc(N(C)C)cc1)N(C)c1ccccc1. The van der Waals surface area contributed by atoms with Gasteiger partial charge in [0.25, 0.3) is 0 Å². The van der Waals surface area contributed by atoms with Crippen molar-refractivity contribution in [2.24, 2.45) is 0 Å². The predicted molar refractivity (Wildman–Crippen MR) is 108 cm³/mol. The Morgan fingerprint density at radius 2 is 1.60 bits per heavy atom. The molecule has 0 N–H and O–H groups in total. The molecule has 132 valence electrons. The quantitative estimate of drug-likeness (QED) is 0.511. The summed E-state index contributed by atoms with van der Waals surface area (Å²) in [6.07, 6.45) is 3.15. The van der Waals surface area contributed by atoms with Gasteiger partial charge in [-0.15, -0.1) is 6.58 Å². The largest absolute Gasteiger partial charge is 0.378 e. The molecule has 0 saturated carbocycles. The van der Waals surface area contributed by atoms with Crippen molar-refractivity contribution in [2.75, 3.05) is 30.9 Å². The van der Waals surface area contributed by atoms with Crippen LogP contribution in [-0.2, 0) is 0 Å². The number of hydrogen-bond donors (Lipinski definition) is 0. The Bertz CT molecular complexity index is 707. The molecular weight excluding hydrogens is 308 g/mol. The van der Waals surface area contributed by atoms with Crippen LogP contribution in [0, 0.1) is 0 Å². The molecule has 1 atom stereocenters. The van der Waals surface area contributed by atoms with E-state index in [2.05, 4.69) is 18.4 Å². The van der Waals surface area contributed by atoms with Crippen LogP contribution in [0.4, 0.5) is 11.4 Å². The molecule has 0 aromatic heterocycles. The number of nitrogens with zero attached hydrogens (tertiary/aromatic N) is 2. The highest BCUT2D eigenvalue weighted by molar-refractivity contribution is 6.05. The molecule has 0 spiro atoms. The predicted octanol–water partition coefficient (Wildman–Crippen LogP) is 4.80. The second-order valence-corrected chi connectivity index (χ2v) is 6.54. The smallest absolute Gasteiger partial charge is 0.188 e. The number of likely N-dealkylation sites (N-methyl/N-ethyl adjacent to an activating group) is 1. The molecule has 0 radical (unpaired) electrons. The monoisotopic (exact) mass is 336 g/mol. The van der Waals surface area contributed by atoms with E-state index < -0.39 is 5.54 Å². The summed E-state index contributed by atoms with van der Waals surface area (Å²) in [4.78, 5) is 17.6. The Morgan fingerprint density at radius 1 is 1.00 bits per heavy atom. The Labute approximate surface area is 151 Å². The summed E-state index contributed by atoms with van der Waals surface area (Å²) in [7, 11) is 5.98. The van der Waals surface area contributed by atoms with Gasteiger partial charge in [-0.25, -0.2) is 0 Å². The zero-order valence-corrected chi connectivity index (χ0v) is 15.7. The summed E-state index contributed by atoms with van der Waals surface area (Å²) in [5, 5.41) is 0. The lowest BCUT2D eigenvalue weighted by atomic mass is 9.81. The van der Waals surface area contributed by atoms with Crippen LogP contribution >= 0.6 is 0 Å². The van der Waals surface area contributed by atoms with Crippen LogP contribution < -0.4 is 9.80 Å². The van der Waals surface area contributed by atoms with Crippen LogP contribution in [0.25, 0.3) is 0 Å². The molecule has 2 aromatic rings. The van der Waals surface area contributed by atoms with Crippen molar-refractivity contribution < 1.29 is 4.79 Å². The first-order valence-electron chi connectivity index (χ1n) is 8.68. The molecule has 1 unspecified atom stereocenters. The van der Waals surface area contributed by atoms with Crippen LogP contribution in [0.15, 0.2) is 67.3 Å². The van der Waals surface area contributed by atoms with E-state index in [0.717, 1.165) is 16.9 Å². The third-order valence-corrected chi connectivity index (χ3v) is 4.92. The lowest BCUT2D eigenvalue weighted by Gasteiger charge is -2.41. The minimum atomic E-state index is -0.636. The number of ketones is 1. The Hall–Kier alpha value is -2.55. The van der Waals surface area contributed by atoms with Gasteiger partial charge in [0.05, 0.1) is 0 Å². The van der Waals surface area contributed by atoms with E-state index in [1.54, 1.807) is 0 Å². The van der Waals surface area contributed by atoms with Crippen LogP contribution in [0.5, 0.6) is 0 Å². The summed E-state index contributed by atoms with van der Waals surface area (Å²) in [6, 6.07) is 17.9. The highest BCUT2D eigenvalue weighted by Crippen LogP contribution is 2.32. The van der Waals surface area contributed by atoms with Gasteiger partial charge in [0.15, 0.2) is 5.78 Å². The van der Waals surface area contributed by atoms with E-state index in [9.17, 15) is 4.79 Å². The van der Waals surface area contributed by atoms with Crippen LogP contribution in [-0.4, -0.2) is 32.5 Å². The average molecular weight is 336 g/mol. The summed E-state index contributed by atoms with van der Waals surface area (Å²) in [5.74, 6) is 0.131. The van der Waals surface area contributed by atoms with Gasteiger partial charge in [-0.2, -0.15) is 0 Å². The maximum Gasteiger partial charge on any atom is 0.188 e. The van der Waals surface area contributed by atoms with Gasteiger partial charge in [-0.3, -0.25) is 4.79 Å². The van der Waals surface area contributed by atoms with E-state index in [-0.39, 0.29) is 5.78 Å². The zero-order chi connectivity index (χ0) is 18.4. The number of rotatable bonds is 8. The number of carbonyl (C=O) groups excluding carboxylic acids is 1. The van der Waals surface area contributed by atoms with E-state index >= 15 is 0 Å². The molecule has 0 saturated heterocycles. The van der Waals surface area contributed by atoms with Crippen molar-refractivity contribution in [2.45, 2.75) is 25.3 Å². The molecule has 0 aliphatic rings. The average Bonchev–Trinajstić information content (AvgIpc) is 2.66. The van der Waals surface area contributed by atoms with Crippen molar-refractivity contribution in [1.29, 1.82) is 0 Å². The molecule has 0 amide bonds. The third kappa shape index (κ3) is 3.76. The van der Waals surface area contributed by atoms with Crippen LogP contribution in [0.2, 0.25) is 0 Å². The second-order valence-electron chi connectivity index (χ2n) is 6.54. The number of hydrogen-bond acceptors (Lipinski definition) is 3. The van der Waals surface area contributed by atoms with Crippen molar-refractivity contribution in [1.82, 2.24) is 0 Å².